The van der Waals surface area contributed by atoms with Crippen molar-refractivity contribution in [1.29, 1.82) is 0 Å². The minimum absolute atomic E-state index is 0.575. The van der Waals surface area contributed by atoms with Crippen molar-refractivity contribution in [3.05, 3.63) is 0 Å². The monoisotopic (exact) mass is 246 g/mol. The quantitative estimate of drug-likeness (QED) is 0.339. The number of nitrogens with one attached hydrogen (secondary N) is 1. The van der Waals surface area contributed by atoms with Crippen LogP contribution < -0.4 is 11.3 Å². The maximum atomic E-state index is 5.68. The lowest BCUT2D eigenvalue weighted by Gasteiger charge is -2.38. The Bertz CT molecular complexity index is 207. The summed E-state index contributed by atoms with van der Waals surface area (Å²) < 4.78 is 0. The summed E-state index contributed by atoms with van der Waals surface area (Å²) in [5.41, 5.74) is 3.74. The molecule has 3 N–H and O–H groups in total. The van der Waals surface area contributed by atoms with Gasteiger partial charge in [0.25, 0.3) is 0 Å². The van der Waals surface area contributed by atoms with E-state index < -0.39 is 0 Å². The minimum Gasteiger partial charge on any atom is -0.271 e. The molecule has 0 saturated heterocycles. The molecule has 2 atom stereocenters. The molecule has 1 spiro atoms. The van der Waals surface area contributed by atoms with Crippen LogP contribution >= 0.6 is 21.6 Å². The minimum atomic E-state index is 0.575. The topological polar surface area (TPSA) is 38.0 Å². The van der Waals surface area contributed by atoms with E-state index >= 15 is 0 Å². The summed E-state index contributed by atoms with van der Waals surface area (Å²) in [6.07, 6.45) is 7.00. The summed E-state index contributed by atoms with van der Waals surface area (Å²) in [5, 5.41) is 0. The van der Waals surface area contributed by atoms with Crippen LogP contribution in [0.5, 0.6) is 0 Å². The summed E-state index contributed by atoms with van der Waals surface area (Å²) in [6, 6.07) is 0.575. The maximum absolute atomic E-state index is 5.68. The van der Waals surface area contributed by atoms with Gasteiger partial charge in [0.1, 0.15) is 0 Å². The highest BCUT2D eigenvalue weighted by atomic mass is 33.1. The molecule has 0 bridgehead atoms. The number of hydrogen-bond donors (Lipinski definition) is 2. The molecule has 15 heavy (non-hydrogen) atoms. The SMILES string of the molecule is CCSSCC1[C@H](NN)CCCC12CC2. The highest BCUT2D eigenvalue weighted by Crippen LogP contribution is 2.60. The highest BCUT2D eigenvalue weighted by molar-refractivity contribution is 8.76. The highest BCUT2D eigenvalue weighted by Gasteiger charge is 2.52. The second-order valence-electron chi connectivity index (χ2n) is 4.83. The van der Waals surface area contributed by atoms with Gasteiger partial charge < -0.3 is 0 Å². The van der Waals surface area contributed by atoms with E-state index in [1.54, 1.807) is 0 Å². The number of rotatable bonds is 5. The molecule has 0 aromatic rings. The van der Waals surface area contributed by atoms with Gasteiger partial charge in [-0.1, -0.05) is 34.9 Å². The third-order valence-electron chi connectivity index (χ3n) is 4.02. The van der Waals surface area contributed by atoms with Crippen molar-refractivity contribution in [3.63, 3.8) is 0 Å². The van der Waals surface area contributed by atoms with E-state index in [0.717, 1.165) is 5.92 Å². The molecule has 2 fully saturated rings. The summed E-state index contributed by atoms with van der Waals surface area (Å²) in [7, 11) is 4.03. The number of hydrogen-bond acceptors (Lipinski definition) is 4. The van der Waals surface area contributed by atoms with Crippen LogP contribution in [-0.2, 0) is 0 Å². The molecule has 2 aliphatic rings. The first-order valence-corrected chi connectivity index (χ1v) is 8.52. The molecule has 2 rings (SSSR count). The van der Waals surface area contributed by atoms with E-state index in [0.29, 0.717) is 11.5 Å². The van der Waals surface area contributed by atoms with Crippen LogP contribution in [0.25, 0.3) is 0 Å². The van der Waals surface area contributed by atoms with Gasteiger partial charge in [0.05, 0.1) is 0 Å². The van der Waals surface area contributed by atoms with Gasteiger partial charge in [0.2, 0.25) is 0 Å². The van der Waals surface area contributed by atoms with Gasteiger partial charge in [-0.15, -0.1) is 0 Å². The second kappa shape index (κ2) is 5.30. The molecule has 0 aliphatic heterocycles. The Balaban J connectivity index is 1.89. The molecule has 0 aromatic heterocycles. The van der Waals surface area contributed by atoms with E-state index in [9.17, 15) is 0 Å². The van der Waals surface area contributed by atoms with Crippen molar-refractivity contribution in [2.24, 2.45) is 17.2 Å². The molecule has 88 valence electrons. The fourth-order valence-electron chi connectivity index (χ4n) is 2.97. The average molecular weight is 246 g/mol. The lowest BCUT2D eigenvalue weighted by molar-refractivity contribution is 0.178. The molecular weight excluding hydrogens is 224 g/mol. The van der Waals surface area contributed by atoms with Gasteiger partial charge >= 0.3 is 0 Å². The molecular formula is C11H22N2S2. The van der Waals surface area contributed by atoms with Crippen molar-refractivity contribution in [2.45, 2.75) is 45.1 Å². The molecule has 4 heteroatoms. The molecule has 1 unspecified atom stereocenters. The Morgan fingerprint density at radius 1 is 1.33 bits per heavy atom. The standard InChI is InChI=1S/C11H22N2S2/c1-2-14-15-8-9-10(13-12)4-3-5-11(9)6-7-11/h9-10,13H,2-8,12H2,1H3/t9?,10-/m1/s1. The normalized spacial score (nSPS) is 33.2. The van der Waals surface area contributed by atoms with E-state index in [-0.39, 0.29) is 0 Å². The third kappa shape index (κ3) is 2.65. The van der Waals surface area contributed by atoms with Crippen LogP contribution in [0.3, 0.4) is 0 Å². The molecule has 2 aliphatic carbocycles. The Morgan fingerprint density at radius 3 is 2.73 bits per heavy atom. The van der Waals surface area contributed by atoms with Crippen LogP contribution in [0.2, 0.25) is 0 Å². The molecule has 0 amide bonds. The van der Waals surface area contributed by atoms with Crippen molar-refractivity contribution in [1.82, 2.24) is 5.43 Å². The lowest BCUT2D eigenvalue weighted by Crippen LogP contribution is -2.47. The van der Waals surface area contributed by atoms with Crippen LogP contribution in [0.15, 0.2) is 0 Å². The Morgan fingerprint density at radius 2 is 2.13 bits per heavy atom. The molecule has 0 radical (unpaired) electrons. The summed E-state index contributed by atoms with van der Waals surface area (Å²) in [6.45, 7) is 2.23. The fourth-order valence-corrected chi connectivity index (χ4v) is 5.19. The van der Waals surface area contributed by atoms with E-state index in [4.69, 9.17) is 5.84 Å². The predicted molar refractivity (Wildman–Crippen MR) is 70.7 cm³/mol. The Labute approximate surface area is 101 Å². The first-order valence-electron chi connectivity index (χ1n) is 6.03. The van der Waals surface area contributed by atoms with Crippen molar-refractivity contribution >= 4 is 21.6 Å². The zero-order chi connectivity index (χ0) is 10.7. The first-order chi connectivity index (χ1) is 7.32. The zero-order valence-corrected chi connectivity index (χ0v) is 11.1. The average Bonchev–Trinajstić information content (AvgIpc) is 3.01. The van der Waals surface area contributed by atoms with Crippen molar-refractivity contribution in [2.75, 3.05) is 11.5 Å². The second-order valence-corrected chi connectivity index (χ2v) is 7.62. The van der Waals surface area contributed by atoms with Gasteiger partial charge in [0, 0.05) is 17.5 Å². The Hall–Kier alpha value is 0.620. The van der Waals surface area contributed by atoms with Gasteiger partial charge in [0.15, 0.2) is 0 Å². The fraction of sp³-hybridized carbons (Fsp3) is 1.00. The van der Waals surface area contributed by atoms with E-state index in [2.05, 4.69) is 12.3 Å². The van der Waals surface area contributed by atoms with E-state index in [1.807, 2.05) is 21.6 Å². The summed E-state index contributed by atoms with van der Waals surface area (Å²) in [4.78, 5) is 0. The predicted octanol–water partition coefficient (Wildman–Crippen LogP) is 2.80. The van der Waals surface area contributed by atoms with Crippen LogP contribution in [0, 0.1) is 11.3 Å². The third-order valence-corrected chi connectivity index (χ3v) is 6.53. The summed E-state index contributed by atoms with van der Waals surface area (Å²) in [5.74, 6) is 9.00. The Kier molecular flexibility index (Phi) is 4.27. The summed E-state index contributed by atoms with van der Waals surface area (Å²) >= 11 is 0. The maximum Gasteiger partial charge on any atom is 0.0252 e. The zero-order valence-electron chi connectivity index (χ0n) is 9.50. The molecule has 0 heterocycles. The molecule has 2 saturated carbocycles. The number of nitrogens with two attached hydrogens (primary N) is 1. The molecule has 0 aromatic carbocycles. The van der Waals surface area contributed by atoms with E-state index in [1.165, 1.54) is 43.6 Å². The van der Waals surface area contributed by atoms with Gasteiger partial charge in [-0.2, -0.15) is 0 Å². The number of hydrazine groups is 1. The smallest absolute Gasteiger partial charge is 0.0252 e. The van der Waals surface area contributed by atoms with Crippen LogP contribution in [-0.4, -0.2) is 17.5 Å². The van der Waals surface area contributed by atoms with Gasteiger partial charge in [-0.25, -0.2) is 0 Å². The first kappa shape index (κ1) is 12.1. The largest absolute Gasteiger partial charge is 0.271 e. The van der Waals surface area contributed by atoms with Gasteiger partial charge in [-0.3, -0.25) is 11.3 Å². The van der Waals surface area contributed by atoms with Crippen molar-refractivity contribution < 1.29 is 0 Å². The molecule has 2 nitrogen and oxygen atoms in total. The van der Waals surface area contributed by atoms with Gasteiger partial charge in [-0.05, 0) is 37.0 Å². The lowest BCUT2D eigenvalue weighted by atomic mass is 9.74. The van der Waals surface area contributed by atoms with Crippen molar-refractivity contribution in [3.8, 4) is 0 Å². The van der Waals surface area contributed by atoms with Crippen LogP contribution in [0.1, 0.15) is 39.0 Å². The van der Waals surface area contributed by atoms with Crippen LogP contribution in [0.4, 0.5) is 0 Å².